The van der Waals surface area contributed by atoms with Crippen LogP contribution in [0.15, 0.2) is 59.6 Å². The summed E-state index contributed by atoms with van der Waals surface area (Å²) in [5, 5.41) is 13.6. The zero-order chi connectivity index (χ0) is 21.3. The Bertz CT molecular complexity index is 933. The van der Waals surface area contributed by atoms with Gasteiger partial charge in [-0.05, 0) is 29.5 Å². The maximum absolute atomic E-state index is 13.3. The molecule has 3 rings (SSSR count). The lowest BCUT2D eigenvalue weighted by Crippen LogP contribution is -2.47. The number of ketones is 1. The van der Waals surface area contributed by atoms with Crippen LogP contribution in [-0.4, -0.2) is 36.5 Å². The van der Waals surface area contributed by atoms with Gasteiger partial charge in [-0.3, -0.25) is 9.80 Å². The first-order valence-electron chi connectivity index (χ1n) is 9.67. The summed E-state index contributed by atoms with van der Waals surface area (Å²) >= 11 is 0. The minimum Gasteiger partial charge on any atom is -0.490 e. The number of allylic oxidation sites excluding steroid dienone is 3. The van der Waals surface area contributed by atoms with Crippen molar-refractivity contribution >= 4 is 5.78 Å². The zero-order valence-corrected chi connectivity index (χ0v) is 17.5. The molecule has 0 radical (unpaired) electrons. The highest BCUT2D eigenvalue weighted by Crippen LogP contribution is 2.49. The molecule has 1 aliphatic heterocycles. The Labute approximate surface area is 172 Å². The second-order valence-electron chi connectivity index (χ2n) is 8.47. The van der Waals surface area contributed by atoms with Gasteiger partial charge in [0.05, 0.1) is 17.6 Å². The van der Waals surface area contributed by atoms with Crippen LogP contribution in [0.3, 0.4) is 0 Å². The van der Waals surface area contributed by atoms with E-state index in [2.05, 4.69) is 26.5 Å². The molecule has 29 heavy (non-hydrogen) atoms. The van der Waals surface area contributed by atoms with Crippen molar-refractivity contribution in [1.29, 1.82) is 5.26 Å². The SMILES string of the molecule is C=CCOc1ccc([C@H]2C(C#N)=C(N)N(N(C)C)C3=C2C(=O)CC(C)(C)C3)cc1. The lowest BCUT2D eigenvalue weighted by atomic mass is 9.69. The highest BCUT2D eigenvalue weighted by molar-refractivity contribution is 6.00. The Morgan fingerprint density at radius 1 is 1.34 bits per heavy atom. The molecule has 0 saturated carbocycles. The minimum atomic E-state index is -0.469. The number of carbonyl (C=O) groups is 1. The van der Waals surface area contributed by atoms with Gasteiger partial charge in [0, 0.05) is 31.8 Å². The number of nitrogens with two attached hydrogens (primary N) is 1. The molecule has 0 aromatic heterocycles. The standard InChI is InChI=1S/C23H28N4O2/c1-6-11-29-16-9-7-15(8-10-16)20-17(14-24)22(25)27(26(4)5)18-12-23(2,3)13-19(28)21(18)20/h6-10,20H,1,11-13,25H2,2-5H3/t20-/m0/s1. The molecule has 1 aromatic rings. The van der Waals surface area contributed by atoms with Crippen LogP contribution in [-0.2, 0) is 4.79 Å². The van der Waals surface area contributed by atoms with Crippen molar-refractivity contribution in [3.63, 3.8) is 0 Å². The Morgan fingerprint density at radius 3 is 2.55 bits per heavy atom. The molecule has 1 aromatic carbocycles. The van der Waals surface area contributed by atoms with Gasteiger partial charge in [0.2, 0.25) is 0 Å². The maximum atomic E-state index is 13.3. The average Bonchev–Trinajstić information content (AvgIpc) is 2.64. The molecule has 0 amide bonds. The number of rotatable bonds is 5. The summed E-state index contributed by atoms with van der Waals surface area (Å²) in [5.41, 5.74) is 9.09. The fourth-order valence-corrected chi connectivity index (χ4v) is 4.19. The first-order chi connectivity index (χ1) is 13.7. The molecule has 2 N–H and O–H groups in total. The number of hydrazine groups is 1. The van der Waals surface area contributed by atoms with E-state index < -0.39 is 5.92 Å². The highest BCUT2D eigenvalue weighted by atomic mass is 16.5. The molecular formula is C23H28N4O2. The first kappa shape index (κ1) is 20.7. The number of benzene rings is 1. The van der Waals surface area contributed by atoms with Crippen molar-refractivity contribution in [2.24, 2.45) is 11.1 Å². The topological polar surface area (TPSA) is 82.6 Å². The van der Waals surface area contributed by atoms with E-state index in [1.807, 2.05) is 48.4 Å². The van der Waals surface area contributed by atoms with E-state index in [1.165, 1.54) is 0 Å². The van der Waals surface area contributed by atoms with E-state index in [1.54, 1.807) is 6.08 Å². The van der Waals surface area contributed by atoms with Crippen molar-refractivity contribution in [3.05, 3.63) is 65.1 Å². The van der Waals surface area contributed by atoms with E-state index in [0.717, 1.165) is 11.3 Å². The van der Waals surface area contributed by atoms with Crippen LogP contribution in [0, 0.1) is 16.7 Å². The maximum Gasteiger partial charge on any atom is 0.162 e. The van der Waals surface area contributed by atoms with E-state index in [4.69, 9.17) is 10.5 Å². The van der Waals surface area contributed by atoms with Crippen LogP contribution < -0.4 is 10.5 Å². The quantitative estimate of drug-likeness (QED) is 0.773. The van der Waals surface area contributed by atoms with Crippen molar-refractivity contribution in [2.45, 2.75) is 32.6 Å². The largest absolute Gasteiger partial charge is 0.490 e. The summed E-state index contributed by atoms with van der Waals surface area (Å²) in [5.74, 6) is 0.683. The van der Waals surface area contributed by atoms with Gasteiger partial charge in [0.15, 0.2) is 5.78 Å². The molecule has 1 aliphatic carbocycles. The van der Waals surface area contributed by atoms with Crippen LogP contribution in [0.2, 0.25) is 0 Å². The third kappa shape index (κ3) is 3.79. The number of Topliss-reactive ketones (excluding diaryl/α,β-unsaturated/α-hetero) is 1. The normalized spacial score (nSPS) is 21.2. The van der Waals surface area contributed by atoms with Gasteiger partial charge in [0.25, 0.3) is 0 Å². The molecule has 6 heteroatoms. The van der Waals surface area contributed by atoms with E-state index >= 15 is 0 Å². The van der Waals surface area contributed by atoms with Gasteiger partial charge >= 0.3 is 0 Å². The summed E-state index contributed by atoms with van der Waals surface area (Å²) in [6.45, 7) is 8.24. The number of carbonyl (C=O) groups excluding carboxylic acids is 1. The molecule has 0 fully saturated rings. The van der Waals surface area contributed by atoms with Crippen molar-refractivity contribution < 1.29 is 9.53 Å². The highest BCUT2D eigenvalue weighted by Gasteiger charge is 2.44. The smallest absolute Gasteiger partial charge is 0.162 e. The summed E-state index contributed by atoms with van der Waals surface area (Å²) in [7, 11) is 3.73. The van der Waals surface area contributed by atoms with Gasteiger partial charge in [-0.25, -0.2) is 5.01 Å². The third-order valence-corrected chi connectivity index (χ3v) is 5.34. The predicted molar refractivity (Wildman–Crippen MR) is 112 cm³/mol. The monoisotopic (exact) mass is 392 g/mol. The van der Waals surface area contributed by atoms with Gasteiger partial charge < -0.3 is 10.5 Å². The Morgan fingerprint density at radius 2 is 2.00 bits per heavy atom. The summed E-state index contributed by atoms with van der Waals surface area (Å²) in [4.78, 5) is 13.3. The lowest BCUT2D eigenvalue weighted by Gasteiger charge is -2.45. The van der Waals surface area contributed by atoms with Crippen molar-refractivity contribution in [3.8, 4) is 11.8 Å². The number of hydrogen-bond donors (Lipinski definition) is 1. The van der Waals surface area contributed by atoms with Crippen LogP contribution in [0.25, 0.3) is 0 Å². The van der Waals surface area contributed by atoms with E-state index in [-0.39, 0.29) is 11.2 Å². The Kier molecular flexibility index (Phi) is 5.54. The molecule has 0 bridgehead atoms. The molecule has 2 aliphatic rings. The van der Waals surface area contributed by atoms with Crippen LogP contribution in [0.1, 0.15) is 38.2 Å². The fourth-order valence-electron chi connectivity index (χ4n) is 4.19. The summed E-state index contributed by atoms with van der Waals surface area (Å²) < 4.78 is 5.56. The van der Waals surface area contributed by atoms with Crippen LogP contribution in [0.5, 0.6) is 5.75 Å². The van der Waals surface area contributed by atoms with Crippen LogP contribution in [0.4, 0.5) is 0 Å². The summed E-state index contributed by atoms with van der Waals surface area (Å²) in [6.07, 6.45) is 2.84. The first-order valence-corrected chi connectivity index (χ1v) is 9.67. The number of ether oxygens (including phenoxy) is 1. The molecule has 0 unspecified atom stereocenters. The number of hydrogen-bond acceptors (Lipinski definition) is 6. The van der Waals surface area contributed by atoms with Gasteiger partial charge in [-0.2, -0.15) is 5.26 Å². The van der Waals surface area contributed by atoms with E-state index in [9.17, 15) is 10.1 Å². The molecule has 1 heterocycles. The van der Waals surface area contributed by atoms with Crippen molar-refractivity contribution in [1.82, 2.24) is 10.0 Å². The number of nitriles is 1. The molecule has 0 spiro atoms. The second kappa shape index (κ2) is 7.76. The Hall–Kier alpha value is -3.04. The Balaban J connectivity index is 2.16. The second-order valence-corrected chi connectivity index (χ2v) is 8.47. The molecule has 0 saturated heterocycles. The molecule has 1 atom stereocenters. The molecular weight excluding hydrogens is 364 g/mol. The fraction of sp³-hybridized carbons (Fsp3) is 0.391. The average molecular weight is 393 g/mol. The zero-order valence-electron chi connectivity index (χ0n) is 17.5. The third-order valence-electron chi connectivity index (χ3n) is 5.34. The molecule has 152 valence electrons. The summed E-state index contributed by atoms with van der Waals surface area (Å²) in [6, 6.07) is 9.76. The van der Waals surface area contributed by atoms with Gasteiger partial charge in [-0.15, -0.1) is 0 Å². The van der Waals surface area contributed by atoms with Crippen LogP contribution >= 0.6 is 0 Å². The van der Waals surface area contributed by atoms with Gasteiger partial charge in [0.1, 0.15) is 18.2 Å². The molecule has 6 nitrogen and oxygen atoms in total. The lowest BCUT2D eigenvalue weighted by molar-refractivity contribution is -0.119. The van der Waals surface area contributed by atoms with Gasteiger partial charge in [-0.1, -0.05) is 38.6 Å². The predicted octanol–water partition coefficient (Wildman–Crippen LogP) is 3.46. The van der Waals surface area contributed by atoms with Crippen molar-refractivity contribution in [2.75, 3.05) is 20.7 Å². The number of nitrogens with zero attached hydrogens (tertiary/aromatic N) is 3. The van der Waals surface area contributed by atoms with E-state index in [0.29, 0.717) is 42.2 Å². The minimum absolute atomic E-state index is 0.0698.